The Hall–Kier alpha value is -2.11. The molecule has 0 spiro atoms. The van der Waals surface area contributed by atoms with E-state index in [2.05, 4.69) is 39.9 Å². The van der Waals surface area contributed by atoms with E-state index in [1.807, 2.05) is 4.90 Å². The molecule has 0 saturated heterocycles. The van der Waals surface area contributed by atoms with E-state index in [0.29, 0.717) is 78.2 Å². The van der Waals surface area contributed by atoms with Crippen molar-refractivity contribution in [2.24, 2.45) is 0 Å². The highest BCUT2D eigenvalue weighted by Gasteiger charge is 2.23. The van der Waals surface area contributed by atoms with Gasteiger partial charge in [-0.15, -0.1) is 0 Å². The normalized spacial score (nSPS) is 12.9. The van der Waals surface area contributed by atoms with Crippen molar-refractivity contribution in [2.45, 2.75) is 578 Å². The number of amides is 3. The standard InChI is InChI=1S/C40H81NO6.C37H75NO4.C33H67NO6/c1-4-6-8-10-12-14-16-17-18-20-22-24-26-28-33-46-37-39(47-36-38(43)35-42)34-41(31-29-32-45-3)40(44)30-27-25-23-21-19-15-13-11-9-7-5-2;1-3-5-7-9-11-13-15-17-19-21-23-25-27-29-33-42-35-36(40)34-38(31-32-39)37(41)30-28-26-24-22-20-18-16-14-12-10-8-6-4-2;1-2-3-4-5-6-7-8-9-10-11-17-22-27-40-29-30(36)28-34-33(39)25-20-14-12-13-18-23-31(37)32(38)24-19-15-16-21-26-35/h38-39,42-43H,4-37H2,1-3H3;36,39-40H,3-35H2,1-2H3;30-32,35-38H,2-29H2,1H3,(H,34,39). The van der Waals surface area contributed by atoms with E-state index in [0.717, 1.165) is 109 Å². The second kappa shape index (κ2) is 113. The van der Waals surface area contributed by atoms with E-state index in [1.54, 1.807) is 12.0 Å². The number of nitrogens with one attached hydrogen (secondary N) is 1. The van der Waals surface area contributed by atoms with Gasteiger partial charge in [0.05, 0.1) is 70.2 Å². The molecule has 3 amide bonds. The smallest absolute Gasteiger partial charge is 0.222 e. The number of aliphatic hydroxyl groups excluding tert-OH is 8. The molecule has 0 fully saturated rings. The van der Waals surface area contributed by atoms with Crippen LogP contribution < -0.4 is 5.32 Å². The average molecular weight is 1840 g/mol. The minimum Gasteiger partial charge on any atom is -0.396 e. The van der Waals surface area contributed by atoms with Crippen LogP contribution in [-0.2, 0) is 38.1 Å². The molecule has 0 bridgehead atoms. The quantitative estimate of drug-likeness (QED) is 0.0256. The molecule has 0 aromatic rings. The Bertz CT molecular complexity index is 2130. The van der Waals surface area contributed by atoms with Crippen molar-refractivity contribution in [1.29, 1.82) is 0 Å². The number of rotatable bonds is 106. The number of hydrogen-bond acceptors (Lipinski definition) is 16. The number of ether oxygens (including phenoxy) is 5. The van der Waals surface area contributed by atoms with Crippen molar-refractivity contribution in [3.63, 3.8) is 0 Å². The zero-order valence-electron chi connectivity index (χ0n) is 86.4. The van der Waals surface area contributed by atoms with Crippen LogP contribution in [-0.4, -0.2) is 218 Å². The van der Waals surface area contributed by atoms with E-state index in [1.165, 1.54) is 366 Å². The van der Waals surface area contributed by atoms with Crippen LogP contribution in [0.4, 0.5) is 0 Å². The van der Waals surface area contributed by atoms with Gasteiger partial charge in [0.15, 0.2) is 0 Å². The van der Waals surface area contributed by atoms with Gasteiger partial charge in [-0.1, -0.05) is 458 Å². The molecular weight excluding hydrogens is 1620 g/mol. The van der Waals surface area contributed by atoms with Gasteiger partial charge in [0.2, 0.25) is 17.7 Å². The maximum Gasteiger partial charge on any atom is 0.222 e. The fourth-order valence-corrected chi connectivity index (χ4v) is 17.0. The van der Waals surface area contributed by atoms with Gasteiger partial charge < -0.3 is 79.7 Å². The van der Waals surface area contributed by atoms with Crippen molar-refractivity contribution >= 4 is 17.7 Å². The number of nitrogens with zero attached hydrogens (tertiary/aromatic N) is 2. The summed E-state index contributed by atoms with van der Waals surface area (Å²) in [5.74, 6) is 0.163. The average Bonchev–Trinajstić information content (AvgIpc) is 0.915. The van der Waals surface area contributed by atoms with Gasteiger partial charge in [0.1, 0.15) is 6.10 Å². The third kappa shape index (κ3) is 106. The minimum absolute atomic E-state index is 0.0299. The zero-order valence-corrected chi connectivity index (χ0v) is 86.4. The molecule has 0 rings (SSSR count). The Morgan fingerprint density at radius 3 is 0.860 bits per heavy atom. The first-order valence-electron chi connectivity index (χ1n) is 56.1. The molecule has 129 heavy (non-hydrogen) atoms. The first kappa shape index (κ1) is 131. The molecule has 19 nitrogen and oxygen atoms in total. The lowest BCUT2D eigenvalue weighted by Gasteiger charge is -2.28. The number of aliphatic hydroxyl groups is 8. The van der Waals surface area contributed by atoms with E-state index in [4.69, 9.17) is 28.8 Å². The highest BCUT2D eigenvalue weighted by molar-refractivity contribution is 5.77. The molecule has 0 heterocycles. The monoisotopic (exact) mass is 1840 g/mol. The molecule has 0 aliphatic heterocycles. The van der Waals surface area contributed by atoms with Gasteiger partial charge in [-0.05, 0) is 64.2 Å². The Labute approximate surface area is 798 Å². The van der Waals surface area contributed by atoms with Gasteiger partial charge >= 0.3 is 0 Å². The van der Waals surface area contributed by atoms with E-state index < -0.39 is 30.5 Å². The van der Waals surface area contributed by atoms with Crippen molar-refractivity contribution < 1.29 is 78.9 Å². The molecule has 19 heteroatoms. The Kier molecular flexibility index (Phi) is 115. The maximum atomic E-state index is 13.3. The number of methoxy groups -OCH3 is 1. The van der Waals surface area contributed by atoms with Crippen molar-refractivity contribution in [1.82, 2.24) is 15.1 Å². The van der Waals surface area contributed by atoms with E-state index in [9.17, 15) is 50.1 Å². The second-order valence-corrected chi connectivity index (χ2v) is 38.6. The zero-order chi connectivity index (χ0) is 94.8. The third-order valence-electron chi connectivity index (χ3n) is 25.6. The lowest BCUT2D eigenvalue weighted by molar-refractivity contribution is -0.136. The molecule has 0 radical (unpaired) electrons. The minimum atomic E-state index is -0.933. The van der Waals surface area contributed by atoms with Crippen LogP contribution in [0.25, 0.3) is 0 Å². The fraction of sp³-hybridized carbons (Fsp3) is 0.973. The molecule has 774 valence electrons. The first-order chi connectivity index (χ1) is 63.2. The van der Waals surface area contributed by atoms with Gasteiger partial charge in [-0.25, -0.2) is 0 Å². The van der Waals surface area contributed by atoms with Crippen LogP contribution in [0.3, 0.4) is 0 Å². The molecule has 0 aliphatic carbocycles. The number of hydrogen-bond donors (Lipinski definition) is 9. The van der Waals surface area contributed by atoms with Crippen LogP contribution in [0.15, 0.2) is 0 Å². The maximum absolute atomic E-state index is 13.3. The highest BCUT2D eigenvalue weighted by Crippen LogP contribution is 2.22. The molecule has 0 aliphatic rings. The first-order valence-corrected chi connectivity index (χ1v) is 56.1. The summed E-state index contributed by atoms with van der Waals surface area (Å²) in [6.45, 7) is 16.5. The van der Waals surface area contributed by atoms with E-state index in [-0.39, 0.29) is 83.1 Å². The van der Waals surface area contributed by atoms with E-state index >= 15 is 0 Å². The highest BCUT2D eigenvalue weighted by atomic mass is 16.5. The van der Waals surface area contributed by atoms with Crippen LogP contribution in [0, 0.1) is 0 Å². The topological polar surface area (TPSA) is 278 Å². The summed E-state index contributed by atoms with van der Waals surface area (Å²) in [6.07, 6.45) is 91.5. The van der Waals surface area contributed by atoms with Crippen molar-refractivity contribution in [3.8, 4) is 0 Å². The van der Waals surface area contributed by atoms with Crippen LogP contribution >= 0.6 is 0 Å². The summed E-state index contributed by atoms with van der Waals surface area (Å²) in [5.41, 5.74) is 0. The number of unbranched alkanes of at least 4 members (excludes halogenated alkanes) is 66. The van der Waals surface area contributed by atoms with Crippen LogP contribution in [0.5, 0.6) is 0 Å². The fourth-order valence-electron chi connectivity index (χ4n) is 17.0. The lowest BCUT2D eigenvalue weighted by atomic mass is 10.00. The van der Waals surface area contributed by atoms with Gasteiger partial charge in [-0.3, -0.25) is 14.4 Å². The summed E-state index contributed by atoms with van der Waals surface area (Å²) < 4.78 is 28.5. The molecule has 6 atom stereocenters. The lowest BCUT2D eigenvalue weighted by Crippen LogP contribution is -2.42. The molecule has 0 aromatic heterocycles. The molecule has 0 aromatic carbocycles. The Morgan fingerprint density at radius 2 is 0.550 bits per heavy atom. The summed E-state index contributed by atoms with van der Waals surface area (Å²) in [5, 5.41) is 80.7. The molecular formula is C110H223N3O16. The summed E-state index contributed by atoms with van der Waals surface area (Å²) in [4.78, 5) is 41.4. The molecule has 0 saturated carbocycles. The predicted molar refractivity (Wildman–Crippen MR) is 545 cm³/mol. The van der Waals surface area contributed by atoms with Gasteiger partial charge in [0.25, 0.3) is 0 Å². The van der Waals surface area contributed by atoms with Crippen molar-refractivity contribution in [2.75, 3.05) is 113 Å². The molecule has 9 N–H and O–H groups in total. The Balaban J connectivity index is -0.00000185. The Morgan fingerprint density at radius 1 is 0.271 bits per heavy atom. The third-order valence-corrected chi connectivity index (χ3v) is 25.6. The number of carbonyl (C=O) groups is 3. The predicted octanol–water partition coefficient (Wildman–Crippen LogP) is 26.5. The number of carbonyl (C=O) groups excluding carboxylic acids is 3. The summed E-state index contributed by atoms with van der Waals surface area (Å²) in [6, 6.07) is 0. The van der Waals surface area contributed by atoms with Crippen molar-refractivity contribution in [3.05, 3.63) is 0 Å². The molecule has 6 unspecified atom stereocenters. The van der Waals surface area contributed by atoms with Crippen LogP contribution in [0.2, 0.25) is 0 Å². The summed E-state index contributed by atoms with van der Waals surface area (Å²) >= 11 is 0. The van der Waals surface area contributed by atoms with Gasteiger partial charge in [-0.2, -0.15) is 0 Å². The SMILES string of the molecule is CCCCCCCCCCCCCCCCOCC(CN(CCCOC)C(=O)CCCCCCCCCCCCC)OCC(O)CO.CCCCCCCCCCCCCCCCOCC(O)CN(CCO)C(=O)CCCCCCCCCCCCCCC.CCCCCCCCCCCCCCOCC(O)CNC(=O)CCCCCCCC(O)C(O)CCCCCCO. The second-order valence-electron chi connectivity index (χ2n) is 38.6. The van der Waals surface area contributed by atoms with Gasteiger partial charge in [0, 0.05) is 92.1 Å². The summed E-state index contributed by atoms with van der Waals surface area (Å²) in [7, 11) is 1.69. The largest absolute Gasteiger partial charge is 0.396 e. The van der Waals surface area contributed by atoms with Crippen LogP contribution in [0.1, 0.15) is 542 Å².